The third kappa shape index (κ3) is 1.21. The number of para-hydroxylation sites is 1. The van der Waals surface area contributed by atoms with Crippen LogP contribution in [-0.4, -0.2) is 6.21 Å². The van der Waals surface area contributed by atoms with Gasteiger partial charge >= 0.3 is 0 Å². The van der Waals surface area contributed by atoms with Gasteiger partial charge in [-0.3, -0.25) is 0 Å². The van der Waals surface area contributed by atoms with Gasteiger partial charge in [0.1, 0.15) is 0 Å². The van der Waals surface area contributed by atoms with Crippen LogP contribution in [0.2, 0.25) is 0 Å². The fourth-order valence-electron chi connectivity index (χ4n) is 1.10. The number of hydrogen-bond donors (Lipinski definition) is 0. The molecular formula is C9H7ClN2. The van der Waals surface area contributed by atoms with Gasteiger partial charge in [0.15, 0.2) is 0 Å². The molecule has 2 nitrogen and oxygen atoms in total. The van der Waals surface area contributed by atoms with Crippen LogP contribution < -0.4 is 4.53 Å². The average molecular weight is 179 g/mol. The quantitative estimate of drug-likeness (QED) is 0.558. The number of hydrogen-bond acceptors (Lipinski definition) is 2. The Hall–Kier alpha value is -1.28. The van der Waals surface area contributed by atoms with Gasteiger partial charge < -0.3 is 0 Å². The van der Waals surface area contributed by atoms with Crippen LogP contribution in [-0.2, 0) is 0 Å². The normalized spacial score (nSPS) is 14.2. The molecule has 0 spiro atoms. The second kappa shape index (κ2) is 2.99. The van der Waals surface area contributed by atoms with E-state index in [1.54, 1.807) is 6.21 Å². The molecule has 1 heterocycles. The lowest BCUT2D eigenvalue weighted by molar-refractivity contribution is 1.20. The Balaban J connectivity index is 2.56. The van der Waals surface area contributed by atoms with Crippen molar-refractivity contribution in [2.45, 2.75) is 0 Å². The van der Waals surface area contributed by atoms with E-state index < -0.39 is 0 Å². The van der Waals surface area contributed by atoms with Gasteiger partial charge in [-0.1, -0.05) is 24.3 Å². The van der Waals surface area contributed by atoms with E-state index in [-0.39, 0.29) is 0 Å². The van der Waals surface area contributed by atoms with Crippen LogP contribution in [0.4, 0.5) is 5.69 Å². The molecule has 3 heteroatoms. The first-order chi connectivity index (χ1) is 5.88. The fraction of sp³-hybridized carbons (Fsp3) is 0. The summed E-state index contributed by atoms with van der Waals surface area (Å²) in [5.74, 6) is 0. The lowest BCUT2D eigenvalue weighted by Crippen LogP contribution is -2.00. The van der Waals surface area contributed by atoms with E-state index in [9.17, 15) is 0 Å². The van der Waals surface area contributed by atoms with E-state index >= 15 is 0 Å². The Morgan fingerprint density at radius 2 is 2.08 bits per heavy atom. The van der Waals surface area contributed by atoms with Gasteiger partial charge in [0.2, 0.25) is 0 Å². The van der Waals surface area contributed by atoms with E-state index in [1.807, 2.05) is 36.4 Å². The molecule has 12 heavy (non-hydrogen) atoms. The van der Waals surface area contributed by atoms with Crippen LogP contribution in [0.25, 0.3) is 6.08 Å². The zero-order valence-corrected chi connectivity index (χ0v) is 7.07. The van der Waals surface area contributed by atoms with Gasteiger partial charge in [-0.15, -0.1) is 0 Å². The molecule has 0 saturated carbocycles. The second-order valence-corrected chi connectivity index (χ2v) is 2.76. The molecule has 0 amide bonds. The van der Waals surface area contributed by atoms with Crippen molar-refractivity contribution in [3.63, 3.8) is 0 Å². The second-order valence-electron chi connectivity index (χ2n) is 2.44. The van der Waals surface area contributed by atoms with E-state index in [2.05, 4.69) is 5.10 Å². The first kappa shape index (κ1) is 7.37. The van der Waals surface area contributed by atoms with Crippen LogP contribution >= 0.6 is 11.8 Å². The van der Waals surface area contributed by atoms with Gasteiger partial charge in [0, 0.05) is 23.6 Å². The molecule has 0 saturated heterocycles. The Bertz CT molecular complexity index is 344. The lowest BCUT2D eigenvalue weighted by Gasteiger charge is -2.09. The van der Waals surface area contributed by atoms with Crippen LogP contribution in [0.3, 0.4) is 0 Å². The molecule has 0 fully saturated rings. The van der Waals surface area contributed by atoms with Crippen LogP contribution in [0.1, 0.15) is 5.56 Å². The summed E-state index contributed by atoms with van der Waals surface area (Å²) >= 11 is 5.85. The average Bonchev–Trinajstić information content (AvgIpc) is 2.29. The highest BCUT2D eigenvalue weighted by atomic mass is 35.5. The molecule has 60 valence electrons. The first-order valence-electron chi connectivity index (χ1n) is 3.63. The molecule has 0 unspecified atom stereocenters. The van der Waals surface area contributed by atoms with Gasteiger partial charge in [0.05, 0.1) is 5.69 Å². The largest absolute Gasteiger partial charge is 0.172 e. The number of benzene rings is 1. The summed E-state index contributed by atoms with van der Waals surface area (Å²) in [5, 5.41) is 3.95. The number of hydrazone groups is 1. The number of nitrogens with zero attached hydrogens (tertiary/aromatic N) is 2. The summed E-state index contributed by atoms with van der Waals surface area (Å²) < 4.78 is 1.34. The van der Waals surface area contributed by atoms with E-state index in [0.29, 0.717) is 0 Å². The molecule has 0 aliphatic carbocycles. The van der Waals surface area contributed by atoms with Crippen molar-refractivity contribution in [1.82, 2.24) is 0 Å². The monoisotopic (exact) mass is 178 g/mol. The molecule has 0 N–H and O–H groups in total. The van der Waals surface area contributed by atoms with Crippen LogP contribution in [0.15, 0.2) is 35.4 Å². The zero-order chi connectivity index (χ0) is 8.39. The van der Waals surface area contributed by atoms with Crippen molar-refractivity contribution in [1.29, 1.82) is 0 Å². The first-order valence-corrected chi connectivity index (χ1v) is 3.97. The molecule has 2 rings (SSSR count). The Morgan fingerprint density at radius 3 is 3.00 bits per heavy atom. The summed E-state index contributed by atoms with van der Waals surface area (Å²) in [4.78, 5) is 0. The Kier molecular flexibility index (Phi) is 1.84. The van der Waals surface area contributed by atoms with Crippen molar-refractivity contribution in [2.24, 2.45) is 5.10 Å². The molecular weight excluding hydrogens is 172 g/mol. The third-order valence-electron chi connectivity index (χ3n) is 1.67. The molecule has 1 aromatic carbocycles. The van der Waals surface area contributed by atoms with Crippen LogP contribution in [0.5, 0.6) is 0 Å². The lowest BCUT2D eigenvalue weighted by atomic mass is 10.2. The van der Waals surface area contributed by atoms with Crippen molar-refractivity contribution in [2.75, 3.05) is 4.53 Å². The van der Waals surface area contributed by atoms with Crippen molar-refractivity contribution >= 4 is 29.8 Å². The molecule has 1 aromatic rings. The van der Waals surface area contributed by atoms with E-state index in [0.717, 1.165) is 11.3 Å². The van der Waals surface area contributed by atoms with Gasteiger partial charge in [0.25, 0.3) is 0 Å². The summed E-state index contributed by atoms with van der Waals surface area (Å²) in [6.45, 7) is 0. The van der Waals surface area contributed by atoms with Crippen molar-refractivity contribution in [3.05, 3.63) is 35.9 Å². The molecule has 0 radical (unpaired) electrons. The number of rotatable bonds is 0. The molecule has 1 aliphatic rings. The smallest absolute Gasteiger partial charge is 0.0855 e. The maximum absolute atomic E-state index is 5.85. The standard InChI is InChI=1S/C9H7ClN2/c10-12-9-6-2-1-4-8(9)5-3-7-11-12/h1-7H. The maximum Gasteiger partial charge on any atom is 0.0855 e. The summed E-state index contributed by atoms with van der Waals surface area (Å²) in [6, 6.07) is 7.83. The minimum absolute atomic E-state index is 0.907. The molecule has 0 atom stereocenters. The number of halogens is 1. The minimum Gasteiger partial charge on any atom is -0.172 e. The summed E-state index contributed by atoms with van der Waals surface area (Å²) in [6.07, 6.45) is 5.50. The SMILES string of the molecule is ClN1N=CC=Cc2ccccc21. The highest BCUT2D eigenvalue weighted by Crippen LogP contribution is 2.24. The topological polar surface area (TPSA) is 15.6 Å². The van der Waals surface area contributed by atoms with Gasteiger partial charge in [-0.2, -0.15) is 9.63 Å². The van der Waals surface area contributed by atoms with Crippen LogP contribution in [0, 0.1) is 0 Å². The predicted octanol–water partition coefficient (Wildman–Crippen LogP) is 2.66. The van der Waals surface area contributed by atoms with E-state index in [4.69, 9.17) is 11.8 Å². The third-order valence-corrected chi connectivity index (χ3v) is 1.93. The van der Waals surface area contributed by atoms with E-state index in [1.165, 1.54) is 4.53 Å². The number of allylic oxidation sites excluding steroid dienone is 1. The summed E-state index contributed by atoms with van der Waals surface area (Å²) in [5.41, 5.74) is 1.98. The Morgan fingerprint density at radius 1 is 1.25 bits per heavy atom. The summed E-state index contributed by atoms with van der Waals surface area (Å²) in [7, 11) is 0. The number of anilines is 1. The number of fused-ring (bicyclic) bond motifs is 1. The van der Waals surface area contributed by atoms with Crippen molar-refractivity contribution in [3.8, 4) is 0 Å². The van der Waals surface area contributed by atoms with Crippen molar-refractivity contribution < 1.29 is 0 Å². The van der Waals surface area contributed by atoms with Gasteiger partial charge in [-0.25, -0.2) is 0 Å². The Labute approximate surface area is 75.9 Å². The fourth-order valence-corrected chi connectivity index (χ4v) is 1.31. The zero-order valence-electron chi connectivity index (χ0n) is 6.31. The predicted molar refractivity (Wildman–Crippen MR) is 52.3 cm³/mol. The highest BCUT2D eigenvalue weighted by molar-refractivity contribution is 6.26. The van der Waals surface area contributed by atoms with Gasteiger partial charge in [-0.05, 0) is 12.1 Å². The maximum atomic E-state index is 5.85. The molecule has 0 aromatic heterocycles. The molecule has 1 aliphatic heterocycles. The minimum atomic E-state index is 0.907. The molecule has 0 bridgehead atoms. The highest BCUT2D eigenvalue weighted by Gasteiger charge is 2.05.